The highest BCUT2D eigenvalue weighted by molar-refractivity contribution is 7.81. The number of nitrogens with zero attached hydrogens (tertiary/aromatic N) is 4. The van der Waals surface area contributed by atoms with Crippen LogP contribution < -0.4 is 5.73 Å². The van der Waals surface area contributed by atoms with E-state index < -0.39 is 6.10 Å². The number of aliphatic hydroxyl groups is 1. The first-order chi connectivity index (χ1) is 9.08. The molecule has 1 aliphatic rings. The molecule has 0 saturated carbocycles. The third kappa shape index (κ3) is 2.05. The van der Waals surface area contributed by atoms with E-state index >= 15 is 0 Å². The van der Waals surface area contributed by atoms with E-state index in [0.717, 1.165) is 0 Å². The molecule has 3 heterocycles. The number of thiol groups is 1. The van der Waals surface area contributed by atoms with Crippen molar-refractivity contribution in [1.29, 1.82) is 0 Å². The van der Waals surface area contributed by atoms with Gasteiger partial charge in [0.05, 0.1) is 18.5 Å². The van der Waals surface area contributed by atoms with Gasteiger partial charge in [-0.15, -0.1) is 0 Å². The van der Waals surface area contributed by atoms with Crippen LogP contribution >= 0.6 is 12.6 Å². The monoisotopic (exact) mass is 281 g/mol. The molecule has 0 aromatic carbocycles. The van der Waals surface area contributed by atoms with Gasteiger partial charge in [-0.3, -0.25) is 4.57 Å². The van der Waals surface area contributed by atoms with E-state index in [-0.39, 0.29) is 17.6 Å². The molecule has 0 amide bonds. The molecule has 0 spiro atoms. The molecule has 1 unspecified atom stereocenters. The van der Waals surface area contributed by atoms with Gasteiger partial charge in [-0.2, -0.15) is 12.6 Å². The number of nitrogen functional groups attached to an aromatic ring is 1. The van der Waals surface area contributed by atoms with Crippen LogP contribution in [0.1, 0.15) is 19.6 Å². The van der Waals surface area contributed by atoms with Crippen molar-refractivity contribution in [2.75, 3.05) is 5.73 Å². The van der Waals surface area contributed by atoms with Crippen LogP contribution in [0, 0.1) is 0 Å². The fourth-order valence-electron chi connectivity index (χ4n) is 2.36. The lowest BCUT2D eigenvalue weighted by atomic mass is 10.1. The van der Waals surface area contributed by atoms with Gasteiger partial charge in [0, 0.05) is 11.7 Å². The van der Waals surface area contributed by atoms with Gasteiger partial charge in [-0.05, 0) is 0 Å². The van der Waals surface area contributed by atoms with E-state index in [9.17, 15) is 5.11 Å². The number of rotatable bonds is 2. The zero-order valence-electron chi connectivity index (χ0n) is 10.3. The van der Waals surface area contributed by atoms with E-state index in [1.165, 1.54) is 6.33 Å². The van der Waals surface area contributed by atoms with Crippen LogP contribution in [-0.2, 0) is 4.74 Å². The number of nitrogens with two attached hydrogens (primary N) is 1. The highest BCUT2D eigenvalue weighted by Crippen LogP contribution is 2.33. The molecule has 7 nitrogen and oxygen atoms in total. The standard InChI is InChI=1S/C11H15N5O2S/c1-5(19)9-6(17)2-7(18-9)16-4-15-8-10(12)13-3-14-11(8)16/h3-7,9,17,19H,2H2,1H3,(H2,12,13,14)/t5?,6-,7+,9+/m0/s1. The summed E-state index contributed by atoms with van der Waals surface area (Å²) in [5.41, 5.74) is 6.89. The zero-order chi connectivity index (χ0) is 13.6. The van der Waals surface area contributed by atoms with Gasteiger partial charge in [-0.1, -0.05) is 6.92 Å². The minimum Gasteiger partial charge on any atom is -0.390 e. The first-order valence-corrected chi connectivity index (χ1v) is 6.54. The molecule has 2 aromatic heterocycles. The average molecular weight is 281 g/mol. The Balaban J connectivity index is 1.96. The summed E-state index contributed by atoms with van der Waals surface area (Å²) in [5, 5.41) is 9.94. The van der Waals surface area contributed by atoms with Crippen molar-refractivity contribution in [3.63, 3.8) is 0 Å². The van der Waals surface area contributed by atoms with E-state index in [4.69, 9.17) is 10.5 Å². The summed E-state index contributed by atoms with van der Waals surface area (Å²) < 4.78 is 7.59. The lowest BCUT2D eigenvalue weighted by Gasteiger charge is -2.18. The van der Waals surface area contributed by atoms with Crippen molar-refractivity contribution in [2.24, 2.45) is 0 Å². The molecule has 3 N–H and O–H groups in total. The molecule has 19 heavy (non-hydrogen) atoms. The fourth-order valence-corrected chi connectivity index (χ4v) is 2.63. The quantitative estimate of drug-likeness (QED) is 0.688. The van der Waals surface area contributed by atoms with Crippen LogP contribution in [0.5, 0.6) is 0 Å². The summed E-state index contributed by atoms with van der Waals surface area (Å²) >= 11 is 4.32. The Bertz CT molecular complexity index is 602. The van der Waals surface area contributed by atoms with Crippen molar-refractivity contribution >= 4 is 29.6 Å². The number of hydrogen-bond donors (Lipinski definition) is 3. The number of imidazole rings is 1. The topological polar surface area (TPSA) is 99.1 Å². The van der Waals surface area contributed by atoms with Crippen molar-refractivity contribution < 1.29 is 9.84 Å². The summed E-state index contributed by atoms with van der Waals surface area (Å²) in [5.74, 6) is 0.335. The molecular formula is C11H15N5O2S. The predicted molar refractivity (Wildman–Crippen MR) is 72.7 cm³/mol. The summed E-state index contributed by atoms with van der Waals surface area (Å²) in [7, 11) is 0. The molecule has 0 bridgehead atoms. The number of aromatic nitrogens is 4. The van der Waals surface area contributed by atoms with Gasteiger partial charge in [-0.25, -0.2) is 15.0 Å². The van der Waals surface area contributed by atoms with Gasteiger partial charge in [0.15, 0.2) is 11.5 Å². The number of aliphatic hydroxyl groups excluding tert-OH is 1. The maximum atomic E-state index is 9.99. The predicted octanol–water partition coefficient (Wildman–Crippen LogP) is 0.375. The molecule has 0 aliphatic carbocycles. The van der Waals surface area contributed by atoms with Gasteiger partial charge in [0.25, 0.3) is 0 Å². The van der Waals surface area contributed by atoms with Crippen LogP contribution in [0.3, 0.4) is 0 Å². The molecule has 0 radical (unpaired) electrons. The van der Waals surface area contributed by atoms with E-state index in [1.54, 1.807) is 10.9 Å². The second kappa shape index (κ2) is 4.62. The van der Waals surface area contributed by atoms with Gasteiger partial charge >= 0.3 is 0 Å². The van der Waals surface area contributed by atoms with Crippen LogP contribution in [0.4, 0.5) is 5.82 Å². The van der Waals surface area contributed by atoms with Crippen molar-refractivity contribution in [2.45, 2.75) is 37.0 Å². The Morgan fingerprint density at radius 2 is 2.32 bits per heavy atom. The lowest BCUT2D eigenvalue weighted by molar-refractivity contribution is -0.0149. The minimum absolute atomic E-state index is 0.0468. The Morgan fingerprint density at radius 3 is 3.00 bits per heavy atom. The third-order valence-corrected chi connectivity index (χ3v) is 3.60. The normalized spacial score (nSPS) is 28.9. The molecule has 102 valence electrons. The van der Waals surface area contributed by atoms with Crippen molar-refractivity contribution in [1.82, 2.24) is 19.5 Å². The third-order valence-electron chi connectivity index (χ3n) is 3.31. The molecule has 4 atom stereocenters. The van der Waals surface area contributed by atoms with Crippen LogP contribution in [0.2, 0.25) is 0 Å². The molecular weight excluding hydrogens is 266 g/mol. The highest BCUT2D eigenvalue weighted by atomic mass is 32.1. The fraction of sp³-hybridized carbons (Fsp3) is 0.545. The summed E-state index contributed by atoms with van der Waals surface area (Å²) in [4.78, 5) is 12.3. The van der Waals surface area contributed by atoms with Crippen LogP contribution in [0.25, 0.3) is 11.2 Å². The molecule has 1 aliphatic heterocycles. The van der Waals surface area contributed by atoms with Crippen LogP contribution in [0.15, 0.2) is 12.7 Å². The van der Waals surface area contributed by atoms with E-state index in [1.807, 2.05) is 6.92 Å². The zero-order valence-corrected chi connectivity index (χ0v) is 11.2. The molecule has 2 aromatic rings. The Kier molecular flexibility index (Phi) is 3.08. The van der Waals surface area contributed by atoms with Crippen molar-refractivity contribution in [3.8, 4) is 0 Å². The Labute approximate surface area is 115 Å². The number of ether oxygens (including phenoxy) is 1. The first kappa shape index (κ1) is 12.6. The summed E-state index contributed by atoms with van der Waals surface area (Å²) in [6, 6.07) is 0. The SMILES string of the molecule is CC(S)[C@H]1O[C@@H](n2cnc3c(N)ncnc32)C[C@@H]1O. The second-order valence-corrected chi connectivity index (χ2v) is 5.50. The lowest BCUT2D eigenvalue weighted by Crippen LogP contribution is -2.28. The maximum absolute atomic E-state index is 9.99. The Morgan fingerprint density at radius 1 is 1.53 bits per heavy atom. The highest BCUT2D eigenvalue weighted by Gasteiger charge is 2.37. The Hall–Kier alpha value is -1.38. The van der Waals surface area contributed by atoms with Gasteiger partial charge < -0.3 is 15.6 Å². The van der Waals surface area contributed by atoms with Gasteiger partial charge in [0.1, 0.15) is 18.1 Å². The number of hydrogen-bond acceptors (Lipinski definition) is 7. The summed E-state index contributed by atoms with van der Waals surface area (Å²) in [6.07, 6.45) is 2.32. The maximum Gasteiger partial charge on any atom is 0.167 e. The average Bonchev–Trinajstić information content (AvgIpc) is 2.93. The molecule has 8 heteroatoms. The summed E-state index contributed by atoms with van der Waals surface area (Å²) in [6.45, 7) is 1.89. The molecule has 3 rings (SSSR count). The van der Waals surface area contributed by atoms with Gasteiger partial charge in [0.2, 0.25) is 0 Å². The number of fused-ring (bicyclic) bond motifs is 1. The molecule has 1 saturated heterocycles. The van der Waals surface area contributed by atoms with Crippen LogP contribution in [-0.4, -0.2) is 42.1 Å². The smallest absolute Gasteiger partial charge is 0.167 e. The second-order valence-electron chi connectivity index (χ2n) is 4.68. The van der Waals surface area contributed by atoms with E-state index in [0.29, 0.717) is 23.4 Å². The van der Waals surface area contributed by atoms with E-state index in [2.05, 4.69) is 27.6 Å². The first-order valence-electron chi connectivity index (χ1n) is 6.02. The largest absolute Gasteiger partial charge is 0.390 e. The van der Waals surface area contributed by atoms with Crippen molar-refractivity contribution in [3.05, 3.63) is 12.7 Å². The number of anilines is 1. The minimum atomic E-state index is -0.547. The molecule has 1 fully saturated rings.